The number of aliphatic hydroxyl groups excluding tert-OH is 1. The van der Waals surface area contributed by atoms with Gasteiger partial charge in [-0.2, -0.15) is 0 Å². The van der Waals surface area contributed by atoms with E-state index in [0.717, 1.165) is 11.1 Å². The minimum atomic E-state index is -0.768. The van der Waals surface area contributed by atoms with Gasteiger partial charge in [0.1, 0.15) is 11.7 Å². The van der Waals surface area contributed by atoms with Gasteiger partial charge in [-0.3, -0.25) is 4.79 Å². The molecule has 39 heavy (non-hydrogen) atoms. The van der Waals surface area contributed by atoms with Crippen molar-refractivity contribution < 1.29 is 28.9 Å². The maximum atomic E-state index is 12.3. The lowest BCUT2D eigenvalue weighted by molar-refractivity contribution is -0.276. The van der Waals surface area contributed by atoms with E-state index in [1.807, 2.05) is 37.3 Å². The molecule has 1 aromatic heterocycles. The summed E-state index contributed by atoms with van der Waals surface area (Å²) in [5.74, 6) is -0.614. The first-order valence-corrected chi connectivity index (χ1v) is 13.2. The number of aliphatic hydroxyl groups is 1. The number of aromatic nitrogens is 2. The fraction of sp³-hybridized carbons (Fsp3) is 0.370. The van der Waals surface area contributed by atoms with E-state index in [1.165, 1.54) is 0 Å². The molecule has 0 bridgehead atoms. The molecule has 10 nitrogen and oxygen atoms in total. The third kappa shape index (κ3) is 7.28. The molecule has 1 fully saturated rings. The molecular formula is C27H30Cl2N4O6. The number of rotatable bonds is 9. The zero-order valence-corrected chi connectivity index (χ0v) is 23.0. The second-order valence-corrected chi connectivity index (χ2v) is 9.75. The highest BCUT2D eigenvalue weighted by molar-refractivity contribution is 6.40. The lowest BCUT2D eigenvalue weighted by Crippen LogP contribution is -2.39. The molecule has 3 N–H and O–H groups in total. The summed E-state index contributed by atoms with van der Waals surface area (Å²) in [7, 11) is 0. The van der Waals surface area contributed by atoms with Gasteiger partial charge in [0, 0.05) is 17.2 Å². The Kier molecular flexibility index (Phi) is 9.82. The number of imidazole rings is 1. The summed E-state index contributed by atoms with van der Waals surface area (Å²) in [6, 6.07) is 14.1. The third-order valence-electron chi connectivity index (χ3n) is 6.35. The molecule has 1 saturated heterocycles. The summed E-state index contributed by atoms with van der Waals surface area (Å²) in [5.41, 5.74) is 2.90. The maximum Gasteiger partial charge on any atom is 0.325 e. The second-order valence-electron chi connectivity index (χ2n) is 9.04. The van der Waals surface area contributed by atoms with Crippen LogP contribution in [0.5, 0.6) is 0 Å². The summed E-state index contributed by atoms with van der Waals surface area (Å²) in [4.78, 5) is 27.9. The van der Waals surface area contributed by atoms with Crippen LogP contribution in [0, 0.1) is 5.92 Å². The fourth-order valence-corrected chi connectivity index (χ4v) is 4.61. The Balaban J connectivity index is 1.55. The summed E-state index contributed by atoms with van der Waals surface area (Å²) in [6.07, 6.45) is 0.119. The first-order chi connectivity index (χ1) is 18.8. The van der Waals surface area contributed by atoms with E-state index in [1.54, 1.807) is 36.0 Å². The predicted molar refractivity (Wildman–Crippen MR) is 145 cm³/mol. The van der Waals surface area contributed by atoms with Crippen LogP contribution in [0.25, 0.3) is 0 Å². The summed E-state index contributed by atoms with van der Waals surface area (Å²) < 4.78 is 19.4. The maximum absolute atomic E-state index is 12.3. The first kappa shape index (κ1) is 28.8. The highest BCUT2D eigenvalue weighted by Crippen LogP contribution is 2.42. The zero-order valence-electron chi connectivity index (χ0n) is 21.5. The van der Waals surface area contributed by atoms with Gasteiger partial charge in [-0.25, -0.2) is 9.78 Å². The van der Waals surface area contributed by atoms with Crippen molar-refractivity contribution >= 4 is 40.9 Å². The van der Waals surface area contributed by atoms with Crippen molar-refractivity contribution in [2.45, 2.75) is 45.5 Å². The zero-order chi connectivity index (χ0) is 27.9. The van der Waals surface area contributed by atoms with Crippen molar-refractivity contribution in [3.8, 4) is 0 Å². The molecule has 1 aliphatic heterocycles. The second kappa shape index (κ2) is 13.3. The van der Waals surface area contributed by atoms with Crippen molar-refractivity contribution in [2.24, 2.45) is 5.92 Å². The van der Waals surface area contributed by atoms with Crippen molar-refractivity contribution in [1.29, 1.82) is 0 Å². The van der Waals surface area contributed by atoms with Crippen molar-refractivity contribution in [2.75, 3.05) is 18.5 Å². The van der Waals surface area contributed by atoms with Crippen LogP contribution < -0.4 is 10.6 Å². The smallest absolute Gasteiger partial charge is 0.325 e. The summed E-state index contributed by atoms with van der Waals surface area (Å²) >= 11 is 12.4. The van der Waals surface area contributed by atoms with Crippen molar-refractivity contribution in [3.05, 3.63) is 81.9 Å². The van der Waals surface area contributed by atoms with Crippen LogP contribution in [-0.4, -0.2) is 45.9 Å². The van der Waals surface area contributed by atoms with Gasteiger partial charge >= 0.3 is 12.0 Å². The van der Waals surface area contributed by atoms with Crippen LogP contribution in [0.1, 0.15) is 42.9 Å². The first-order valence-electron chi connectivity index (χ1n) is 12.5. The molecule has 3 aromatic rings. The molecule has 2 aromatic carbocycles. The average molecular weight is 577 g/mol. The normalized spacial score (nSPS) is 20.8. The van der Waals surface area contributed by atoms with E-state index in [-0.39, 0.29) is 43.0 Å². The Bertz CT molecular complexity index is 1290. The number of halogens is 2. The Morgan fingerprint density at radius 3 is 2.56 bits per heavy atom. The number of nitrogens with one attached hydrogen (secondary N) is 2. The van der Waals surface area contributed by atoms with E-state index in [9.17, 15) is 14.7 Å². The number of nitrogens with zero attached hydrogens (tertiary/aromatic N) is 2. The molecule has 0 spiro atoms. The molecule has 0 saturated carbocycles. The molecule has 2 heterocycles. The highest BCUT2D eigenvalue weighted by Gasteiger charge is 2.39. The lowest BCUT2D eigenvalue weighted by Gasteiger charge is -2.41. The molecule has 4 rings (SSSR count). The van der Waals surface area contributed by atoms with Crippen molar-refractivity contribution in [1.82, 2.24) is 14.9 Å². The van der Waals surface area contributed by atoms with E-state index < -0.39 is 18.3 Å². The largest absolute Gasteiger partial charge is 0.465 e. The van der Waals surface area contributed by atoms with Gasteiger partial charge in [-0.05, 0) is 30.2 Å². The van der Waals surface area contributed by atoms with Gasteiger partial charge in [0.25, 0.3) is 0 Å². The number of urea groups is 1. The van der Waals surface area contributed by atoms with Gasteiger partial charge in [0.05, 0.1) is 38.3 Å². The van der Waals surface area contributed by atoms with Crippen LogP contribution in [0.2, 0.25) is 10.3 Å². The minimum Gasteiger partial charge on any atom is -0.465 e. The molecule has 208 valence electrons. The topological polar surface area (TPSA) is 124 Å². The van der Waals surface area contributed by atoms with E-state index in [4.69, 9.17) is 37.4 Å². The number of esters is 1. The average Bonchev–Trinajstić information content (AvgIpc) is 3.25. The van der Waals surface area contributed by atoms with E-state index in [2.05, 4.69) is 15.6 Å². The standard InChI is InChI=1S/C27H30Cl2N4O6/c1-3-37-22(35)12-30-27(36)32-20-6-4-5-19(11-20)26-38-21(13-33-15-31-24(28)25(33)29)16(2)23(39-26)18-9-7-17(14-34)8-10-18/h4-11,15-16,21,23,26,34H,3,12-14H2,1-2H3,(H2,30,32,36). The van der Waals surface area contributed by atoms with Crippen LogP contribution in [0.4, 0.5) is 10.5 Å². The summed E-state index contributed by atoms with van der Waals surface area (Å²) in [6.45, 7) is 4.05. The minimum absolute atomic E-state index is 0.0528. The van der Waals surface area contributed by atoms with Crippen LogP contribution in [-0.2, 0) is 32.2 Å². The van der Waals surface area contributed by atoms with E-state index >= 15 is 0 Å². The molecule has 1 aliphatic rings. The monoisotopic (exact) mass is 576 g/mol. The molecule has 4 unspecified atom stereocenters. The molecule has 0 aliphatic carbocycles. The predicted octanol–water partition coefficient (Wildman–Crippen LogP) is 4.86. The van der Waals surface area contributed by atoms with Gasteiger partial charge < -0.3 is 34.5 Å². The quantitative estimate of drug-likeness (QED) is 0.311. The Morgan fingerprint density at radius 1 is 1.13 bits per heavy atom. The Labute approximate surface area is 236 Å². The van der Waals surface area contributed by atoms with Crippen LogP contribution >= 0.6 is 23.2 Å². The molecular weight excluding hydrogens is 547 g/mol. The SMILES string of the molecule is CCOC(=O)CNC(=O)Nc1cccc(C2OC(Cn3cnc(Cl)c3Cl)C(C)C(c3ccc(CO)cc3)O2)c1. The molecule has 0 radical (unpaired) electrons. The number of carbonyl (C=O) groups excluding carboxylic acids is 2. The number of benzene rings is 2. The number of amides is 2. The number of anilines is 1. The third-order valence-corrected chi connectivity index (χ3v) is 7.12. The van der Waals surface area contributed by atoms with Crippen LogP contribution in [0.3, 0.4) is 0 Å². The molecule has 4 atom stereocenters. The van der Waals surface area contributed by atoms with Gasteiger partial charge in [0.2, 0.25) is 0 Å². The Morgan fingerprint density at radius 2 is 1.90 bits per heavy atom. The highest BCUT2D eigenvalue weighted by atomic mass is 35.5. The van der Waals surface area contributed by atoms with Crippen LogP contribution in [0.15, 0.2) is 54.9 Å². The van der Waals surface area contributed by atoms with E-state index in [0.29, 0.717) is 22.9 Å². The number of ether oxygens (including phenoxy) is 3. The molecule has 2 amide bonds. The number of carbonyl (C=O) groups is 2. The summed E-state index contributed by atoms with van der Waals surface area (Å²) in [5, 5.41) is 15.1. The van der Waals surface area contributed by atoms with Crippen molar-refractivity contribution in [3.63, 3.8) is 0 Å². The molecule has 12 heteroatoms. The van der Waals surface area contributed by atoms with Gasteiger partial charge in [-0.15, -0.1) is 0 Å². The van der Waals surface area contributed by atoms with Gasteiger partial charge in [0.15, 0.2) is 11.4 Å². The Hall–Kier alpha value is -3.15. The fourth-order valence-electron chi connectivity index (χ4n) is 4.29. The number of hydrogen-bond acceptors (Lipinski definition) is 7. The van der Waals surface area contributed by atoms with Gasteiger partial charge in [-0.1, -0.05) is 66.5 Å². The number of hydrogen-bond donors (Lipinski definition) is 3. The lowest BCUT2D eigenvalue weighted by atomic mass is 9.90.